The molecule has 3 aromatic heterocycles. The number of anilines is 1. The van der Waals surface area contributed by atoms with Crippen molar-refractivity contribution in [1.29, 1.82) is 0 Å². The molecule has 2 fully saturated rings. The number of rotatable bonds is 5. The van der Waals surface area contributed by atoms with Crippen molar-refractivity contribution in [2.24, 2.45) is 7.05 Å². The fraction of sp³-hybridized carbons (Fsp3) is 0.433. The van der Waals surface area contributed by atoms with Gasteiger partial charge in [0.2, 0.25) is 15.9 Å². The molecule has 1 aliphatic carbocycles. The number of hydrogen-bond acceptors (Lipinski definition) is 6. The van der Waals surface area contributed by atoms with Gasteiger partial charge >= 0.3 is 0 Å². The van der Waals surface area contributed by atoms with Crippen LogP contribution in [0.2, 0.25) is 0 Å². The summed E-state index contributed by atoms with van der Waals surface area (Å²) in [6, 6.07) is 8.63. The van der Waals surface area contributed by atoms with Crippen LogP contribution < -0.4 is 4.90 Å². The lowest BCUT2D eigenvalue weighted by atomic mass is 9.78. The lowest BCUT2D eigenvalue weighted by Gasteiger charge is -2.33. The molecule has 11 heteroatoms. The summed E-state index contributed by atoms with van der Waals surface area (Å²) in [5, 5.41) is 5.47. The second-order valence-electron chi connectivity index (χ2n) is 11.8. The molecular weight excluding hydrogens is 538 g/mol. The van der Waals surface area contributed by atoms with Crippen molar-refractivity contribution in [1.82, 2.24) is 29.0 Å². The molecule has 5 heterocycles. The number of aromatic nitrogens is 4. The van der Waals surface area contributed by atoms with Gasteiger partial charge in [0.25, 0.3) is 0 Å². The number of hydrogen-bond donors (Lipinski definition) is 1. The van der Waals surface area contributed by atoms with E-state index in [0.29, 0.717) is 26.2 Å². The Hall–Kier alpha value is -3.54. The highest BCUT2D eigenvalue weighted by Gasteiger charge is 2.53. The van der Waals surface area contributed by atoms with E-state index in [1.807, 2.05) is 32.7 Å². The zero-order chi connectivity index (χ0) is 28.5. The van der Waals surface area contributed by atoms with Gasteiger partial charge in [-0.2, -0.15) is 9.40 Å². The van der Waals surface area contributed by atoms with Crippen LogP contribution in [0.5, 0.6) is 0 Å². The van der Waals surface area contributed by atoms with Crippen LogP contribution in [0.1, 0.15) is 36.8 Å². The number of H-pyrrole nitrogens is 1. The molecule has 0 atom stereocenters. The Morgan fingerprint density at radius 2 is 1.68 bits per heavy atom. The molecule has 214 valence electrons. The van der Waals surface area contributed by atoms with E-state index >= 15 is 0 Å². The normalized spacial score (nSPS) is 19.6. The zero-order valence-corrected chi connectivity index (χ0v) is 24.5. The maximum Gasteiger partial charge on any atom is 0.237 e. The molecule has 1 saturated carbocycles. The van der Waals surface area contributed by atoms with Gasteiger partial charge in [-0.05, 0) is 24.0 Å². The number of carbonyl (C=O) groups is 1. The number of nitrogens with one attached hydrogen (secondary N) is 1. The van der Waals surface area contributed by atoms with Crippen LogP contribution in [0.15, 0.2) is 42.9 Å². The number of pyridine rings is 1. The maximum atomic E-state index is 13.7. The van der Waals surface area contributed by atoms with Gasteiger partial charge in [0.15, 0.2) is 0 Å². The molecule has 1 aromatic carbocycles. The van der Waals surface area contributed by atoms with Gasteiger partial charge in [-0.3, -0.25) is 14.4 Å². The molecule has 41 heavy (non-hydrogen) atoms. The van der Waals surface area contributed by atoms with Gasteiger partial charge in [0, 0.05) is 75.1 Å². The number of aryl methyl sites for hydroxylation is 1. The molecule has 7 rings (SSSR count). The summed E-state index contributed by atoms with van der Waals surface area (Å²) in [7, 11) is 0.638. The van der Waals surface area contributed by atoms with E-state index < -0.39 is 15.4 Å². The van der Waals surface area contributed by atoms with Crippen LogP contribution >= 0.6 is 0 Å². The molecule has 0 unspecified atom stereocenters. The van der Waals surface area contributed by atoms with Gasteiger partial charge in [-0.15, -0.1) is 0 Å². The summed E-state index contributed by atoms with van der Waals surface area (Å²) in [4.78, 5) is 26.2. The molecule has 0 bridgehead atoms. The fourth-order valence-electron chi connectivity index (χ4n) is 7.17. The monoisotopic (exact) mass is 573 g/mol. The van der Waals surface area contributed by atoms with Crippen molar-refractivity contribution in [3.63, 3.8) is 0 Å². The van der Waals surface area contributed by atoms with Crippen LogP contribution in [0.25, 0.3) is 33.4 Å². The van der Waals surface area contributed by atoms with Gasteiger partial charge in [-0.25, -0.2) is 13.4 Å². The summed E-state index contributed by atoms with van der Waals surface area (Å²) in [6.45, 7) is 3.23. The first-order chi connectivity index (χ1) is 19.7. The van der Waals surface area contributed by atoms with Crippen molar-refractivity contribution in [3.8, 4) is 22.4 Å². The largest absolute Gasteiger partial charge is 0.339 e. The minimum Gasteiger partial charge on any atom is -0.339 e. The summed E-state index contributed by atoms with van der Waals surface area (Å²) in [5.74, 6) is 0.181. The standard InChI is InChI=1S/C30H35N7O3S/c1-34-19-22(16-32-34)27-24(21-8-6-20(7-9-21)18-36-12-14-37(15-13-36)41(3,39)40)25-26-23(17-31-28(25)33-27)35(2)29(38)30(26)10-4-5-11-30/h6-9,16-17,19H,4-5,10-15,18H2,1-3H3,(H,31,33). The lowest BCUT2D eigenvalue weighted by molar-refractivity contribution is -0.122. The summed E-state index contributed by atoms with van der Waals surface area (Å²) in [5.41, 5.74) is 7.53. The molecule has 1 N–H and O–H groups in total. The zero-order valence-electron chi connectivity index (χ0n) is 23.7. The number of carbonyl (C=O) groups excluding carboxylic acids is 1. The Kier molecular flexibility index (Phi) is 6.11. The van der Waals surface area contributed by atoms with Gasteiger partial charge in [0.05, 0.1) is 35.4 Å². The summed E-state index contributed by atoms with van der Waals surface area (Å²) < 4.78 is 27.1. The average Bonchev–Trinajstić information content (AvgIpc) is 3.73. The fourth-order valence-corrected chi connectivity index (χ4v) is 8.00. The highest BCUT2D eigenvalue weighted by atomic mass is 32.2. The smallest absolute Gasteiger partial charge is 0.237 e. The predicted octanol–water partition coefficient (Wildman–Crippen LogP) is 3.50. The SMILES string of the molecule is CN1C(=O)C2(CCCC2)c2c1cnc1[nH]c(-c3cnn(C)c3)c(-c3ccc(CN4CCN(S(C)(=O)=O)CC4)cc3)c21. The van der Waals surface area contributed by atoms with Crippen molar-refractivity contribution in [2.45, 2.75) is 37.6 Å². The van der Waals surface area contributed by atoms with E-state index in [4.69, 9.17) is 4.98 Å². The minimum absolute atomic E-state index is 0.181. The molecule has 1 spiro atoms. The van der Waals surface area contributed by atoms with E-state index in [1.54, 1.807) is 13.9 Å². The van der Waals surface area contributed by atoms with E-state index in [1.165, 1.54) is 11.8 Å². The van der Waals surface area contributed by atoms with E-state index in [2.05, 4.69) is 39.2 Å². The Morgan fingerprint density at radius 3 is 2.32 bits per heavy atom. The number of aromatic amines is 1. The number of amides is 1. The third-order valence-corrected chi connectivity index (χ3v) is 10.6. The highest BCUT2D eigenvalue weighted by molar-refractivity contribution is 7.88. The number of fused-ring (bicyclic) bond motifs is 4. The Balaban J connectivity index is 1.31. The second-order valence-corrected chi connectivity index (χ2v) is 13.8. The van der Waals surface area contributed by atoms with Crippen molar-refractivity contribution in [3.05, 3.63) is 54.0 Å². The lowest BCUT2D eigenvalue weighted by Crippen LogP contribution is -2.47. The second kappa shape index (κ2) is 9.50. The minimum atomic E-state index is -3.15. The Bertz CT molecular complexity index is 1760. The van der Waals surface area contributed by atoms with Crippen molar-refractivity contribution in [2.75, 3.05) is 44.4 Å². The average molecular weight is 574 g/mol. The van der Waals surface area contributed by atoms with Crippen LogP contribution in [0.3, 0.4) is 0 Å². The molecule has 1 amide bonds. The molecule has 2 aliphatic heterocycles. The molecule has 1 saturated heterocycles. The first kappa shape index (κ1) is 26.4. The summed E-state index contributed by atoms with van der Waals surface area (Å²) in [6.07, 6.45) is 10.8. The Labute approximate surface area is 240 Å². The third kappa shape index (κ3) is 4.21. The highest BCUT2D eigenvalue weighted by Crippen LogP contribution is 2.55. The number of nitrogens with zero attached hydrogens (tertiary/aromatic N) is 6. The van der Waals surface area contributed by atoms with Crippen LogP contribution in [-0.2, 0) is 33.8 Å². The van der Waals surface area contributed by atoms with Crippen LogP contribution in [0.4, 0.5) is 5.69 Å². The van der Waals surface area contributed by atoms with Gasteiger partial charge in [-0.1, -0.05) is 37.1 Å². The van der Waals surface area contributed by atoms with E-state index in [9.17, 15) is 13.2 Å². The van der Waals surface area contributed by atoms with Crippen molar-refractivity contribution < 1.29 is 13.2 Å². The maximum absolute atomic E-state index is 13.7. The first-order valence-corrected chi connectivity index (χ1v) is 16.1. The third-order valence-electron chi connectivity index (χ3n) is 9.26. The number of benzene rings is 1. The quantitative estimate of drug-likeness (QED) is 0.392. The predicted molar refractivity (Wildman–Crippen MR) is 159 cm³/mol. The number of sulfonamides is 1. The van der Waals surface area contributed by atoms with Crippen LogP contribution in [-0.4, -0.2) is 82.8 Å². The molecule has 0 radical (unpaired) electrons. The molecule has 4 aromatic rings. The topological polar surface area (TPSA) is 107 Å². The van der Waals surface area contributed by atoms with Gasteiger partial charge in [0.1, 0.15) is 5.65 Å². The van der Waals surface area contributed by atoms with E-state index in [-0.39, 0.29) is 5.91 Å². The molecule has 3 aliphatic rings. The van der Waals surface area contributed by atoms with E-state index in [0.717, 1.165) is 76.9 Å². The van der Waals surface area contributed by atoms with Gasteiger partial charge < -0.3 is 9.88 Å². The van der Waals surface area contributed by atoms with Crippen molar-refractivity contribution >= 4 is 32.7 Å². The molecule has 10 nitrogen and oxygen atoms in total. The van der Waals surface area contributed by atoms with Crippen LogP contribution in [0, 0.1) is 0 Å². The summed E-state index contributed by atoms with van der Waals surface area (Å²) >= 11 is 0. The Morgan fingerprint density at radius 1 is 0.976 bits per heavy atom. The molecular formula is C30H35N7O3S. The number of piperazine rings is 1. The number of likely N-dealkylation sites (N-methyl/N-ethyl adjacent to an activating group) is 1. The first-order valence-electron chi connectivity index (χ1n) is 14.2.